The van der Waals surface area contributed by atoms with Crippen LogP contribution in [0, 0.1) is 36.3 Å². The SMILES string of the molecule is Cc1c(F)cc(C2CCC(CCCCC3CCC(CCC=O)CC3)CC2)cc1F. The average Bonchev–Trinajstić information content (AvgIpc) is 2.74. The van der Waals surface area contributed by atoms with E-state index >= 15 is 0 Å². The summed E-state index contributed by atoms with van der Waals surface area (Å²) in [5.41, 5.74) is 0.990. The quantitative estimate of drug-likeness (QED) is 0.302. The van der Waals surface area contributed by atoms with E-state index in [9.17, 15) is 13.6 Å². The fourth-order valence-corrected chi connectivity index (χ4v) is 5.66. The molecule has 29 heavy (non-hydrogen) atoms. The average molecular weight is 405 g/mol. The lowest BCUT2D eigenvalue weighted by molar-refractivity contribution is -0.108. The van der Waals surface area contributed by atoms with Crippen LogP contribution in [0.3, 0.4) is 0 Å². The molecule has 0 atom stereocenters. The summed E-state index contributed by atoms with van der Waals surface area (Å²) in [5.74, 6) is 2.02. The summed E-state index contributed by atoms with van der Waals surface area (Å²) in [6.45, 7) is 1.50. The van der Waals surface area contributed by atoms with E-state index < -0.39 is 11.6 Å². The zero-order chi connectivity index (χ0) is 20.6. The second-order valence-corrected chi connectivity index (χ2v) is 9.74. The maximum atomic E-state index is 13.9. The van der Waals surface area contributed by atoms with E-state index in [1.807, 2.05) is 0 Å². The van der Waals surface area contributed by atoms with Crippen molar-refractivity contribution in [2.75, 3.05) is 0 Å². The van der Waals surface area contributed by atoms with Gasteiger partial charge in [-0.15, -0.1) is 0 Å². The zero-order valence-electron chi connectivity index (χ0n) is 18.1. The normalized spacial score (nSPS) is 27.7. The van der Waals surface area contributed by atoms with Crippen molar-refractivity contribution in [3.05, 3.63) is 34.9 Å². The monoisotopic (exact) mass is 404 g/mol. The van der Waals surface area contributed by atoms with Crippen LogP contribution in [0.15, 0.2) is 12.1 Å². The Morgan fingerprint density at radius 3 is 1.72 bits per heavy atom. The number of rotatable bonds is 9. The van der Waals surface area contributed by atoms with Crippen molar-refractivity contribution < 1.29 is 13.6 Å². The number of halogens is 2. The van der Waals surface area contributed by atoms with Gasteiger partial charge in [0.25, 0.3) is 0 Å². The maximum absolute atomic E-state index is 13.9. The molecule has 0 radical (unpaired) electrons. The summed E-state index contributed by atoms with van der Waals surface area (Å²) >= 11 is 0. The van der Waals surface area contributed by atoms with E-state index in [2.05, 4.69) is 0 Å². The van der Waals surface area contributed by atoms with Gasteiger partial charge in [0, 0.05) is 12.0 Å². The first-order valence-corrected chi connectivity index (χ1v) is 12.0. The molecular weight excluding hydrogens is 366 g/mol. The van der Waals surface area contributed by atoms with Crippen molar-refractivity contribution in [1.29, 1.82) is 0 Å². The van der Waals surface area contributed by atoms with Crippen molar-refractivity contribution >= 4 is 6.29 Å². The van der Waals surface area contributed by atoms with Crippen molar-refractivity contribution in [1.82, 2.24) is 0 Å². The number of benzene rings is 1. The van der Waals surface area contributed by atoms with Crippen LogP contribution in [0.1, 0.15) is 107 Å². The third-order valence-electron chi connectivity index (χ3n) is 7.76. The van der Waals surface area contributed by atoms with Crippen molar-refractivity contribution in [3.63, 3.8) is 0 Å². The highest BCUT2D eigenvalue weighted by Gasteiger charge is 2.24. The fourth-order valence-electron chi connectivity index (χ4n) is 5.66. The van der Waals surface area contributed by atoms with E-state index in [-0.39, 0.29) is 5.56 Å². The lowest BCUT2D eigenvalue weighted by atomic mass is 9.76. The van der Waals surface area contributed by atoms with Gasteiger partial charge in [0.15, 0.2) is 0 Å². The summed E-state index contributed by atoms with van der Waals surface area (Å²) in [5, 5.41) is 0. The molecule has 0 aliphatic heterocycles. The van der Waals surface area contributed by atoms with Gasteiger partial charge in [0.2, 0.25) is 0 Å². The summed E-state index contributed by atoms with van der Waals surface area (Å²) in [7, 11) is 0. The van der Waals surface area contributed by atoms with Crippen molar-refractivity contribution in [2.24, 2.45) is 17.8 Å². The molecule has 2 aliphatic carbocycles. The molecule has 0 spiro atoms. The van der Waals surface area contributed by atoms with Crippen LogP contribution >= 0.6 is 0 Å². The van der Waals surface area contributed by atoms with E-state index in [1.165, 1.54) is 71.1 Å². The molecule has 1 aromatic carbocycles. The Hall–Kier alpha value is -1.25. The highest BCUT2D eigenvalue weighted by molar-refractivity contribution is 5.49. The van der Waals surface area contributed by atoms with Gasteiger partial charge < -0.3 is 4.79 Å². The van der Waals surface area contributed by atoms with Gasteiger partial charge in [0.05, 0.1) is 0 Å². The molecule has 0 amide bonds. The molecule has 0 aromatic heterocycles. The molecule has 2 aliphatic rings. The Labute approximate surface area is 175 Å². The Morgan fingerprint density at radius 2 is 1.24 bits per heavy atom. The van der Waals surface area contributed by atoms with E-state index in [0.29, 0.717) is 5.92 Å². The third kappa shape index (κ3) is 6.62. The molecule has 0 saturated heterocycles. The molecule has 0 unspecified atom stereocenters. The Kier molecular flexibility index (Phi) is 8.68. The molecule has 3 heteroatoms. The van der Waals surface area contributed by atoms with E-state index in [4.69, 9.17) is 0 Å². The van der Waals surface area contributed by atoms with Crippen LogP contribution in [-0.2, 0) is 4.79 Å². The molecule has 1 aromatic rings. The molecule has 2 saturated carbocycles. The van der Waals surface area contributed by atoms with Crippen molar-refractivity contribution in [3.8, 4) is 0 Å². The number of unbranched alkanes of at least 4 members (excludes halogenated alkanes) is 1. The lowest BCUT2D eigenvalue weighted by Crippen LogP contribution is -2.15. The Bertz CT molecular complexity index is 617. The van der Waals surface area contributed by atoms with Gasteiger partial charge in [-0.2, -0.15) is 0 Å². The number of hydrogen-bond donors (Lipinski definition) is 0. The molecule has 0 N–H and O–H groups in total. The summed E-state index contributed by atoms with van der Waals surface area (Å²) < 4.78 is 27.7. The van der Waals surface area contributed by atoms with Gasteiger partial charge in [-0.25, -0.2) is 8.78 Å². The summed E-state index contributed by atoms with van der Waals surface area (Å²) in [6, 6.07) is 3.11. The number of carbonyl (C=O) groups excluding carboxylic acids is 1. The molecule has 1 nitrogen and oxygen atoms in total. The smallest absolute Gasteiger partial charge is 0.129 e. The van der Waals surface area contributed by atoms with E-state index in [0.717, 1.165) is 55.3 Å². The number of aldehydes is 1. The van der Waals surface area contributed by atoms with Gasteiger partial charge in [-0.1, -0.05) is 51.4 Å². The van der Waals surface area contributed by atoms with Crippen LogP contribution in [-0.4, -0.2) is 6.29 Å². The Morgan fingerprint density at radius 1 is 0.793 bits per heavy atom. The second-order valence-electron chi connectivity index (χ2n) is 9.74. The van der Waals surface area contributed by atoms with Crippen LogP contribution in [0.4, 0.5) is 8.78 Å². The molecule has 162 valence electrons. The number of carbonyl (C=O) groups is 1. The molecular formula is C26H38F2O. The fraction of sp³-hybridized carbons (Fsp3) is 0.731. The van der Waals surface area contributed by atoms with Crippen molar-refractivity contribution in [2.45, 2.75) is 103 Å². The molecule has 2 fully saturated rings. The third-order valence-corrected chi connectivity index (χ3v) is 7.76. The van der Waals surface area contributed by atoms with Gasteiger partial charge >= 0.3 is 0 Å². The van der Waals surface area contributed by atoms with Gasteiger partial charge in [-0.05, 0) is 80.4 Å². The van der Waals surface area contributed by atoms with E-state index in [1.54, 1.807) is 12.1 Å². The second kappa shape index (κ2) is 11.2. The van der Waals surface area contributed by atoms with Gasteiger partial charge in [-0.3, -0.25) is 0 Å². The van der Waals surface area contributed by atoms with Crippen LogP contribution in [0.25, 0.3) is 0 Å². The summed E-state index contributed by atoms with van der Waals surface area (Å²) in [4.78, 5) is 10.5. The standard InChI is InChI=1S/C26H38F2O/c1-19-25(27)17-24(18-26(19)28)23-14-12-21(13-15-23)6-3-2-5-20-8-10-22(11-9-20)7-4-16-29/h16-18,20-23H,2-15H2,1H3. The largest absolute Gasteiger partial charge is 0.303 e. The molecule has 0 heterocycles. The van der Waals surface area contributed by atoms with Crippen LogP contribution in [0.2, 0.25) is 0 Å². The predicted molar refractivity (Wildman–Crippen MR) is 115 cm³/mol. The van der Waals surface area contributed by atoms with Gasteiger partial charge in [0.1, 0.15) is 17.9 Å². The zero-order valence-corrected chi connectivity index (χ0v) is 18.1. The minimum absolute atomic E-state index is 0.136. The number of hydrogen-bond acceptors (Lipinski definition) is 1. The molecule has 3 rings (SSSR count). The van der Waals surface area contributed by atoms with Crippen LogP contribution < -0.4 is 0 Å². The minimum atomic E-state index is -0.403. The maximum Gasteiger partial charge on any atom is 0.129 e. The highest BCUT2D eigenvalue weighted by Crippen LogP contribution is 2.39. The lowest BCUT2D eigenvalue weighted by Gasteiger charge is -2.30. The molecule has 0 bridgehead atoms. The Balaban J connectivity index is 1.29. The summed E-state index contributed by atoms with van der Waals surface area (Å²) in [6.07, 6.45) is 18.2. The first-order valence-electron chi connectivity index (χ1n) is 12.0. The first kappa shape index (κ1) is 22.4. The minimum Gasteiger partial charge on any atom is -0.303 e. The predicted octanol–water partition coefficient (Wildman–Crippen LogP) is 7.89. The first-order chi connectivity index (χ1) is 14.1. The van der Waals surface area contributed by atoms with Crippen LogP contribution in [0.5, 0.6) is 0 Å². The highest BCUT2D eigenvalue weighted by atomic mass is 19.1. The topological polar surface area (TPSA) is 17.1 Å².